The van der Waals surface area contributed by atoms with Crippen molar-refractivity contribution in [3.05, 3.63) is 0 Å². The zero-order valence-electron chi connectivity index (χ0n) is 6.68. The predicted molar refractivity (Wildman–Crippen MR) is 44.0 cm³/mol. The molecule has 5 nitrogen and oxygen atoms in total. The molecule has 0 fully saturated rings. The first kappa shape index (κ1) is 11.4. The fraction of sp³-hybridized carbons (Fsp3) is 0.800. The highest BCUT2D eigenvalue weighted by Crippen LogP contribution is 2.00. The van der Waals surface area contributed by atoms with Crippen LogP contribution >= 0.6 is 0 Å². The molecule has 12 heavy (non-hydrogen) atoms. The predicted octanol–water partition coefficient (Wildman–Crippen LogP) is -1.03. The monoisotopic (exact) mass is 211 g/mol. The summed E-state index contributed by atoms with van der Waals surface area (Å²) in [5.41, 5.74) is 0. The Kier molecular flexibility index (Phi) is 3.24. The van der Waals surface area contributed by atoms with Crippen molar-refractivity contribution >= 4 is 19.7 Å². The molecule has 1 unspecified atom stereocenters. The van der Waals surface area contributed by atoms with Crippen LogP contribution in [0, 0.1) is 11.3 Å². The van der Waals surface area contributed by atoms with Crippen LogP contribution in [0.15, 0.2) is 0 Å². The van der Waals surface area contributed by atoms with Crippen molar-refractivity contribution in [2.24, 2.45) is 0 Å². The Labute approximate surface area is 71.8 Å². The summed E-state index contributed by atoms with van der Waals surface area (Å²) in [6, 6.07) is 1.43. The van der Waals surface area contributed by atoms with Crippen LogP contribution in [0.4, 0.5) is 0 Å². The summed E-state index contributed by atoms with van der Waals surface area (Å²) in [5.74, 6) is -0.637. The quantitative estimate of drug-likeness (QED) is 0.595. The van der Waals surface area contributed by atoms with Gasteiger partial charge in [0.25, 0.3) is 0 Å². The molecule has 0 aliphatic heterocycles. The minimum atomic E-state index is -3.59. The van der Waals surface area contributed by atoms with Gasteiger partial charge in [0.05, 0.1) is 11.8 Å². The average molecular weight is 211 g/mol. The maximum absolute atomic E-state index is 10.8. The van der Waals surface area contributed by atoms with Gasteiger partial charge in [-0.15, -0.1) is 0 Å². The summed E-state index contributed by atoms with van der Waals surface area (Å²) in [4.78, 5) is 0. The van der Waals surface area contributed by atoms with E-state index in [1.54, 1.807) is 0 Å². The summed E-state index contributed by atoms with van der Waals surface area (Å²) < 4.78 is 42.8. The van der Waals surface area contributed by atoms with E-state index in [4.69, 9.17) is 5.26 Å². The molecule has 0 saturated carbocycles. The molecule has 0 radical (unpaired) electrons. The molecule has 0 heterocycles. The Hall–Kier alpha value is -0.610. The number of rotatable bonds is 3. The largest absolute Gasteiger partial charge is 0.229 e. The lowest BCUT2D eigenvalue weighted by molar-refractivity contribution is 0.588. The van der Waals surface area contributed by atoms with Gasteiger partial charge in [-0.05, 0) is 0 Å². The molecular formula is C5H9NO4S2. The Balaban J connectivity index is 4.80. The summed E-state index contributed by atoms with van der Waals surface area (Å²) in [6.07, 6.45) is 1.73. The molecule has 0 N–H and O–H groups in total. The van der Waals surface area contributed by atoms with Gasteiger partial charge < -0.3 is 0 Å². The van der Waals surface area contributed by atoms with Gasteiger partial charge in [0.2, 0.25) is 0 Å². The molecule has 1 atom stereocenters. The summed E-state index contributed by atoms with van der Waals surface area (Å²) in [7, 11) is -7.01. The van der Waals surface area contributed by atoms with Gasteiger partial charge >= 0.3 is 0 Å². The van der Waals surface area contributed by atoms with E-state index < -0.39 is 30.7 Å². The molecule has 0 rings (SSSR count). The van der Waals surface area contributed by atoms with E-state index >= 15 is 0 Å². The molecule has 0 amide bonds. The molecule has 7 heteroatoms. The molecule has 0 saturated heterocycles. The van der Waals surface area contributed by atoms with Crippen molar-refractivity contribution in [1.82, 2.24) is 0 Å². The van der Waals surface area contributed by atoms with Crippen LogP contribution in [0.25, 0.3) is 0 Å². The average Bonchev–Trinajstić information content (AvgIpc) is 1.78. The van der Waals surface area contributed by atoms with Crippen LogP contribution in [0.3, 0.4) is 0 Å². The Bertz CT molecular complexity index is 386. The van der Waals surface area contributed by atoms with Gasteiger partial charge in [0, 0.05) is 12.5 Å². The van der Waals surface area contributed by atoms with Crippen molar-refractivity contribution < 1.29 is 16.8 Å². The van der Waals surface area contributed by atoms with E-state index in [1.807, 2.05) is 0 Å². The van der Waals surface area contributed by atoms with Crippen LogP contribution in [0.1, 0.15) is 0 Å². The Morgan fingerprint density at radius 2 is 1.67 bits per heavy atom. The molecule has 0 aromatic rings. The Morgan fingerprint density at radius 3 is 1.75 bits per heavy atom. The zero-order valence-corrected chi connectivity index (χ0v) is 8.31. The van der Waals surface area contributed by atoms with Crippen molar-refractivity contribution in [3.63, 3.8) is 0 Å². The van der Waals surface area contributed by atoms with Crippen molar-refractivity contribution in [1.29, 1.82) is 5.26 Å². The molecule has 0 aliphatic carbocycles. The van der Waals surface area contributed by atoms with Crippen LogP contribution in [0.2, 0.25) is 0 Å². The highest BCUT2D eigenvalue weighted by Gasteiger charge is 2.24. The van der Waals surface area contributed by atoms with Crippen LogP contribution in [-0.2, 0) is 19.7 Å². The number of sulfone groups is 2. The second-order valence-corrected chi connectivity index (χ2v) is 6.95. The zero-order chi connectivity index (χ0) is 9.99. The summed E-state index contributed by atoms with van der Waals surface area (Å²) in [5, 5.41) is 6.88. The highest BCUT2D eigenvalue weighted by molar-refractivity contribution is 7.95. The van der Waals surface area contributed by atoms with E-state index in [0.29, 0.717) is 0 Å². The molecular weight excluding hydrogens is 202 g/mol. The second kappa shape index (κ2) is 3.41. The number of hydrogen-bond acceptors (Lipinski definition) is 5. The lowest BCUT2D eigenvalue weighted by atomic mass is 10.5. The topological polar surface area (TPSA) is 92.1 Å². The van der Waals surface area contributed by atoms with Gasteiger partial charge in [-0.2, -0.15) is 5.26 Å². The van der Waals surface area contributed by atoms with Gasteiger partial charge in [-0.3, -0.25) is 0 Å². The van der Waals surface area contributed by atoms with E-state index in [9.17, 15) is 16.8 Å². The van der Waals surface area contributed by atoms with Gasteiger partial charge in [0.15, 0.2) is 15.1 Å². The molecule has 0 bridgehead atoms. The third-order valence-corrected chi connectivity index (χ3v) is 3.57. The summed E-state index contributed by atoms with van der Waals surface area (Å²) in [6.45, 7) is 0. The van der Waals surface area contributed by atoms with E-state index in [0.717, 1.165) is 12.5 Å². The minimum absolute atomic E-state index is 0.637. The molecule has 70 valence electrons. The SMILES string of the molecule is CS(=O)(=O)CC(C#N)S(C)(=O)=O. The standard InChI is InChI=1S/C5H9NO4S2/c1-11(7,8)4-5(3-6)12(2,9)10/h5H,4H2,1-2H3. The maximum Gasteiger partial charge on any atom is 0.164 e. The van der Waals surface area contributed by atoms with Crippen molar-refractivity contribution in [3.8, 4) is 6.07 Å². The Morgan fingerprint density at radius 1 is 1.25 bits per heavy atom. The lowest BCUT2D eigenvalue weighted by Gasteiger charge is -2.03. The number of nitriles is 1. The second-order valence-electron chi connectivity index (χ2n) is 2.54. The maximum atomic E-state index is 10.8. The van der Waals surface area contributed by atoms with Gasteiger partial charge in [-0.25, -0.2) is 16.8 Å². The highest BCUT2D eigenvalue weighted by atomic mass is 32.2. The molecule has 0 spiro atoms. The first-order chi connectivity index (χ1) is 5.17. The third-order valence-electron chi connectivity index (χ3n) is 1.11. The van der Waals surface area contributed by atoms with E-state index in [-0.39, 0.29) is 0 Å². The molecule has 0 aromatic carbocycles. The summed E-state index contributed by atoms with van der Waals surface area (Å²) >= 11 is 0. The van der Waals surface area contributed by atoms with Crippen LogP contribution < -0.4 is 0 Å². The lowest BCUT2D eigenvalue weighted by Crippen LogP contribution is -2.26. The van der Waals surface area contributed by atoms with Crippen LogP contribution in [-0.4, -0.2) is 40.3 Å². The minimum Gasteiger partial charge on any atom is -0.229 e. The molecule has 0 aliphatic rings. The first-order valence-corrected chi connectivity index (χ1v) is 6.94. The van der Waals surface area contributed by atoms with Gasteiger partial charge in [0.1, 0.15) is 9.84 Å². The van der Waals surface area contributed by atoms with Gasteiger partial charge in [-0.1, -0.05) is 0 Å². The fourth-order valence-corrected chi connectivity index (χ4v) is 3.08. The van der Waals surface area contributed by atoms with E-state index in [2.05, 4.69) is 0 Å². The third kappa shape index (κ3) is 4.31. The van der Waals surface area contributed by atoms with Crippen molar-refractivity contribution in [2.75, 3.05) is 18.3 Å². The van der Waals surface area contributed by atoms with Crippen LogP contribution in [0.5, 0.6) is 0 Å². The fourth-order valence-electron chi connectivity index (χ4n) is 0.532. The normalized spacial score (nSPS) is 15.1. The number of nitrogens with zero attached hydrogens (tertiary/aromatic N) is 1. The smallest absolute Gasteiger partial charge is 0.164 e. The van der Waals surface area contributed by atoms with E-state index in [1.165, 1.54) is 6.07 Å². The first-order valence-electron chi connectivity index (χ1n) is 2.93. The molecule has 0 aromatic heterocycles. The number of hydrogen-bond donors (Lipinski definition) is 0. The van der Waals surface area contributed by atoms with Crippen molar-refractivity contribution in [2.45, 2.75) is 5.25 Å².